The first-order valence-electron chi connectivity index (χ1n) is 12.5. The molecule has 4 aliphatic carbocycles. The molecular formula is C28H44O4. The van der Waals surface area contributed by atoms with Gasteiger partial charge in [0.05, 0.1) is 17.8 Å². The van der Waals surface area contributed by atoms with Crippen molar-refractivity contribution in [3.63, 3.8) is 0 Å². The molecule has 7 atom stereocenters. The first-order valence-corrected chi connectivity index (χ1v) is 12.5. The van der Waals surface area contributed by atoms with Crippen molar-refractivity contribution in [2.24, 2.45) is 29.1 Å². The fourth-order valence-electron chi connectivity index (χ4n) is 6.91. The summed E-state index contributed by atoms with van der Waals surface area (Å²) in [6, 6.07) is 0. The molecule has 0 aliphatic heterocycles. The zero-order chi connectivity index (χ0) is 22.4. The predicted molar refractivity (Wildman–Crippen MR) is 130 cm³/mol. The van der Waals surface area contributed by atoms with Crippen LogP contribution in [0.15, 0.2) is 47.6 Å². The Morgan fingerprint density at radius 3 is 2.50 bits per heavy atom. The Morgan fingerprint density at radius 2 is 1.81 bits per heavy atom. The molecule has 4 nitrogen and oxygen atoms in total. The molecule has 4 aliphatic rings. The van der Waals surface area contributed by atoms with Crippen molar-refractivity contribution in [2.45, 2.75) is 96.4 Å². The number of aliphatic hydroxyl groups excluding tert-OH is 2. The molecule has 5 N–H and O–H groups in total. The van der Waals surface area contributed by atoms with Gasteiger partial charge < -0.3 is 20.8 Å². The Morgan fingerprint density at radius 1 is 1.09 bits per heavy atom. The summed E-state index contributed by atoms with van der Waals surface area (Å²) in [7, 11) is 0. The van der Waals surface area contributed by atoms with Gasteiger partial charge >= 0.3 is 0 Å². The molecule has 180 valence electrons. The van der Waals surface area contributed by atoms with Crippen LogP contribution in [0.25, 0.3) is 0 Å². The second kappa shape index (κ2) is 9.58. The van der Waals surface area contributed by atoms with E-state index in [2.05, 4.69) is 44.7 Å². The minimum Gasteiger partial charge on any atom is -0.412 e. The lowest BCUT2D eigenvalue weighted by atomic mass is 9.61. The van der Waals surface area contributed by atoms with Gasteiger partial charge in [-0.3, -0.25) is 0 Å². The first kappa shape index (κ1) is 25.4. The maximum atomic E-state index is 10.6. The van der Waals surface area contributed by atoms with E-state index >= 15 is 0 Å². The van der Waals surface area contributed by atoms with Gasteiger partial charge in [0.15, 0.2) is 0 Å². The molecule has 0 unspecified atom stereocenters. The lowest BCUT2D eigenvalue weighted by Gasteiger charge is -2.44. The third-order valence-corrected chi connectivity index (χ3v) is 9.01. The monoisotopic (exact) mass is 444 g/mol. The predicted octanol–water partition coefficient (Wildman–Crippen LogP) is 4.66. The van der Waals surface area contributed by atoms with Crippen LogP contribution in [-0.2, 0) is 0 Å². The van der Waals surface area contributed by atoms with Gasteiger partial charge in [0, 0.05) is 6.42 Å². The lowest BCUT2D eigenvalue weighted by molar-refractivity contribution is 0.0204. The minimum absolute atomic E-state index is 0. The number of aliphatic hydroxyl groups is 3. The van der Waals surface area contributed by atoms with Crippen LogP contribution < -0.4 is 0 Å². The zero-order valence-electron chi connectivity index (χ0n) is 20.2. The largest absolute Gasteiger partial charge is 0.412 e. The molecule has 32 heavy (non-hydrogen) atoms. The third kappa shape index (κ3) is 4.99. The molecule has 4 saturated carbocycles. The maximum absolute atomic E-state index is 10.6. The summed E-state index contributed by atoms with van der Waals surface area (Å²) in [6.07, 6.45) is 17.4. The van der Waals surface area contributed by atoms with E-state index in [4.69, 9.17) is 0 Å². The van der Waals surface area contributed by atoms with Crippen LogP contribution in [0.5, 0.6) is 0 Å². The summed E-state index contributed by atoms with van der Waals surface area (Å²) in [4.78, 5) is 0. The van der Waals surface area contributed by atoms with Crippen molar-refractivity contribution in [1.82, 2.24) is 0 Å². The highest BCUT2D eigenvalue weighted by molar-refractivity contribution is 5.41. The molecular weight excluding hydrogens is 400 g/mol. The molecule has 0 aromatic carbocycles. The molecule has 0 radical (unpaired) electrons. The lowest BCUT2D eigenvalue weighted by Crippen LogP contribution is -2.37. The van der Waals surface area contributed by atoms with E-state index in [-0.39, 0.29) is 11.6 Å². The number of allylic oxidation sites excluding steroid dienone is 4. The zero-order valence-corrected chi connectivity index (χ0v) is 20.2. The second-order valence-electron chi connectivity index (χ2n) is 11.4. The summed E-state index contributed by atoms with van der Waals surface area (Å²) < 4.78 is 0. The maximum Gasteiger partial charge on any atom is 0.0890 e. The van der Waals surface area contributed by atoms with Gasteiger partial charge in [-0.15, -0.1) is 0 Å². The quantitative estimate of drug-likeness (QED) is 0.539. The Bertz CT molecular complexity index is 787. The van der Waals surface area contributed by atoms with Crippen LogP contribution in [0.2, 0.25) is 0 Å². The fraction of sp³-hybridized carbons (Fsp3) is 0.714. The topological polar surface area (TPSA) is 92.2 Å². The van der Waals surface area contributed by atoms with E-state index in [0.717, 1.165) is 17.6 Å². The van der Waals surface area contributed by atoms with E-state index in [0.29, 0.717) is 41.9 Å². The van der Waals surface area contributed by atoms with Crippen LogP contribution in [0.1, 0.15) is 78.6 Å². The van der Waals surface area contributed by atoms with Crippen molar-refractivity contribution in [3.8, 4) is 0 Å². The number of fused-ring (bicyclic) bond motifs is 1. The third-order valence-electron chi connectivity index (χ3n) is 9.01. The van der Waals surface area contributed by atoms with Gasteiger partial charge in [-0.1, -0.05) is 50.3 Å². The Balaban J connectivity index is 0.00000289. The van der Waals surface area contributed by atoms with Crippen molar-refractivity contribution < 1.29 is 20.8 Å². The highest BCUT2D eigenvalue weighted by Crippen LogP contribution is 2.59. The summed E-state index contributed by atoms with van der Waals surface area (Å²) in [5.41, 5.74) is 2.57. The first-order chi connectivity index (χ1) is 14.6. The molecule has 4 fully saturated rings. The Labute approximate surface area is 194 Å². The summed E-state index contributed by atoms with van der Waals surface area (Å²) in [6.45, 7) is 10.7. The van der Waals surface area contributed by atoms with E-state index < -0.39 is 11.7 Å². The van der Waals surface area contributed by atoms with Crippen LogP contribution in [0, 0.1) is 29.1 Å². The summed E-state index contributed by atoms with van der Waals surface area (Å²) in [5, 5.41) is 31.0. The standard InChI is InChI=1S/C28H42O3.H2O/c1-18(7-14-26(30)21-9-10-21)24-12-13-25-20(6-5-15-27(24,25)3)8-11-22-16-23(29)17-28(4,31)19(22)2;/h7-8,11,14,18,21,23-26,29-31H,2,5-6,9-10,12-13,15-17H2,1,3-4H3;1H2/b14-7+,20-8+,22-11-;/t18-,23-,24-,25+,26-,27-,28+;/m1./s1. The number of hydrogen-bond donors (Lipinski definition) is 3. The van der Waals surface area contributed by atoms with Crippen LogP contribution in [0.3, 0.4) is 0 Å². The number of rotatable bonds is 5. The van der Waals surface area contributed by atoms with E-state index in [1.807, 2.05) is 0 Å². The van der Waals surface area contributed by atoms with Gasteiger partial charge in [-0.2, -0.15) is 0 Å². The Kier molecular flexibility index (Phi) is 7.61. The molecule has 0 bridgehead atoms. The molecule has 0 amide bonds. The average molecular weight is 445 g/mol. The molecule has 0 spiro atoms. The molecule has 0 heterocycles. The van der Waals surface area contributed by atoms with E-state index in [1.165, 1.54) is 44.1 Å². The van der Waals surface area contributed by atoms with E-state index in [9.17, 15) is 15.3 Å². The van der Waals surface area contributed by atoms with Crippen molar-refractivity contribution in [1.29, 1.82) is 0 Å². The average Bonchev–Trinajstić information content (AvgIpc) is 3.49. The van der Waals surface area contributed by atoms with Gasteiger partial charge in [-0.25, -0.2) is 0 Å². The van der Waals surface area contributed by atoms with Gasteiger partial charge in [-0.05, 0) is 98.5 Å². The summed E-state index contributed by atoms with van der Waals surface area (Å²) >= 11 is 0. The van der Waals surface area contributed by atoms with Gasteiger partial charge in [0.2, 0.25) is 0 Å². The van der Waals surface area contributed by atoms with Gasteiger partial charge in [0.1, 0.15) is 0 Å². The molecule has 0 aromatic heterocycles. The van der Waals surface area contributed by atoms with Crippen molar-refractivity contribution in [3.05, 3.63) is 47.6 Å². The molecule has 0 aromatic rings. The summed E-state index contributed by atoms with van der Waals surface area (Å²) in [5.74, 6) is 2.25. The molecule has 0 saturated heterocycles. The van der Waals surface area contributed by atoms with E-state index in [1.54, 1.807) is 6.92 Å². The Hall–Kier alpha value is -1.20. The SMILES string of the molecule is C=C1/C(=C\C=C2/CCC[C@]3(C)[C@@H]([C@H](C)/C=C/[C@@H](O)C4CC4)CC[C@@H]23)C[C@@H](O)C[C@]1(C)O.O. The highest BCUT2D eigenvalue weighted by Gasteiger charge is 2.50. The minimum atomic E-state index is -1.02. The fourth-order valence-corrected chi connectivity index (χ4v) is 6.91. The molecule has 4 heteroatoms. The second-order valence-corrected chi connectivity index (χ2v) is 11.4. The smallest absolute Gasteiger partial charge is 0.0890 e. The van der Waals surface area contributed by atoms with Crippen LogP contribution in [0.4, 0.5) is 0 Å². The highest BCUT2D eigenvalue weighted by atomic mass is 16.3. The van der Waals surface area contributed by atoms with Gasteiger partial charge in [0.25, 0.3) is 0 Å². The normalized spacial score (nSPS) is 42.2. The number of hydrogen-bond acceptors (Lipinski definition) is 3. The van der Waals surface area contributed by atoms with Crippen molar-refractivity contribution >= 4 is 0 Å². The van der Waals surface area contributed by atoms with Crippen molar-refractivity contribution in [2.75, 3.05) is 0 Å². The van der Waals surface area contributed by atoms with Crippen LogP contribution in [-0.4, -0.2) is 38.6 Å². The molecule has 4 rings (SSSR count). The van der Waals surface area contributed by atoms with Crippen LogP contribution >= 0.6 is 0 Å².